The third kappa shape index (κ3) is 44.5. The van der Waals surface area contributed by atoms with Crippen molar-refractivity contribution in [2.75, 3.05) is 47.5 Å². The summed E-state index contributed by atoms with van der Waals surface area (Å²) < 4.78 is 33.8. The lowest BCUT2D eigenvalue weighted by Gasteiger charge is -2.28. The number of phosphoric acid groups is 1. The molecule has 0 spiro atoms. The Morgan fingerprint density at radius 2 is 1.16 bits per heavy atom. The average Bonchev–Trinajstić information content (AvgIpc) is 3.21. The van der Waals surface area contributed by atoms with Gasteiger partial charge in [0.1, 0.15) is 19.8 Å². The molecule has 346 valence electrons. The Labute approximate surface area is 370 Å². The maximum absolute atomic E-state index is 12.7. The van der Waals surface area contributed by atoms with Gasteiger partial charge in [0.05, 0.1) is 33.9 Å². The van der Waals surface area contributed by atoms with Crippen LogP contribution in [-0.4, -0.2) is 81.2 Å². The van der Waals surface area contributed by atoms with E-state index in [0.29, 0.717) is 30.3 Å². The van der Waals surface area contributed by atoms with E-state index in [1.807, 2.05) is 57.6 Å². The Hall–Kier alpha value is -3.37. The third-order valence-electron chi connectivity index (χ3n) is 8.88. The van der Waals surface area contributed by atoms with Gasteiger partial charge < -0.3 is 33.0 Å². The maximum Gasteiger partial charge on any atom is 0.306 e. The predicted molar refractivity (Wildman–Crippen MR) is 251 cm³/mol. The van der Waals surface area contributed by atoms with Crippen LogP contribution in [0.1, 0.15) is 136 Å². The first-order valence-electron chi connectivity index (χ1n) is 22.7. The largest absolute Gasteiger partial charge is 0.756 e. The molecular formula is C50H82NO9P. The van der Waals surface area contributed by atoms with E-state index in [9.17, 15) is 24.2 Å². The van der Waals surface area contributed by atoms with E-state index in [2.05, 4.69) is 86.8 Å². The highest BCUT2D eigenvalue weighted by Gasteiger charge is 2.21. The number of ether oxygens (including phenoxy) is 2. The van der Waals surface area contributed by atoms with Crippen molar-refractivity contribution in [2.45, 2.75) is 148 Å². The van der Waals surface area contributed by atoms with Crippen LogP contribution in [0.5, 0.6) is 0 Å². The van der Waals surface area contributed by atoms with Gasteiger partial charge in [-0.25, -0.2) is 0 Å². The number of aliphatic hydroxyl groups is 1. The lowest BCUT2D eigenvalue weighted by atomic mass is 10.1. The van der Waals surface area contributed by atoms with Crippen molar-refractivity contribution in [3.8, 4) is 0 Å². The van der Waals surface area contributed by atoms with E-state index >= 15 is 0 Å². The lowest BCUT2D eigenvalue weighted by Crippen LogP contribution is -2.37. The minimum Gasteiger partial charge on any atom is -0.756 e. The van der Waals surface area contributed by atoms with Crippen molar-refractivity contribution >= 4 is 19.8 Å². The minimum absolute atomic E-state index is 0.0605. The monoisotopic (exact) mass is 872 g/mol. The first-order chi connectivity index (χ1) is 29.4. The molecule has 0 aromatic carbocycles. The van der Waals surface area contributed by atoms with Crippen molar-refractivity contribution in [3.05, 3.63) is 109 Å². The number of hydrogen-bond donors (Lipinski definition) is 1. The topological polar surface area (TPSA) is 131 Å². The number of likely N-dealkylation sites (N-methyl/N-ethyl adjacent to an activating group) is 1. The molecule has 0 rings (SSSR count). The molecule has 1 N–H and O–H groups in total. The molecule has 0 aliphatic rings. The molecule has 1 unspecified atom stereocenters. The average molecular weight is 872 g/mol. The molecule has 0 fully saturated rings. The zero-order valence-corrected chi connectivity index (χ0v) is 39.3. The number of carbonyl (C=O) groups excluding carboxylic acids is 2. The summed E-state index contributed by atoms with van der Waals surface area (Å²) in [5, 5.41) is 9.91. The number of phosphoric ester groups is 1. The van der Waals surface area contributed by atoms with Crippen molar-refractivity contribution < 1.29 is 47.2 Å². The summed E-state index contributed by atoms with van der Waals surface area (Å²) in [5.74, 6) is -0.977. The second-order valence-corrected chi connectivity index (χ2v) is 17.3. The van der Waals surface area contributed by atoms with Gasteiger partial charge in [-0.2, -0.15) is 0 Å². The minimum atomic E-state index is -4.67. The number of quaternary nitrogens is 1. The summed E-state index contributed by atoms with van der Waals surface area (Å²) in [5.41, 5.74) is 0. The Morgan fingerprint density at radius 3 is 1.74 bits per heavy atom. The summed E-state index contributed by atoms with van der Waals surface area (Å²) in [4.78, 5) is 37.6. The second-order valence-electron chi connectivity index (χ2n) is 15.9. The summed E-state index contributed by atoms with van der Waals surface area (Å²) in [6, 6.07) is 0. The van der Waals surface area contributed by atoms with Crippen LogP contribution in [0, 0.1) is 0 Å². The van der Waals surface area contributed by atoms with E-state index in [4.69, 9.17) is 18.5 Å². The van der Waals surface area contributed by atoms with E-state index in [0.717, 1.165) is 89.9 Å². The highest BCUT2D eigenvalue weighted by atomic mass is 31.2. The summed E-state index contributed by atoms with van der Waals surface area (Å²) in [6.45, 7) is 3.84. The quantitative estimate of drug-likeness (QED) is 0.0160. The molecule has 0 aromatic heterocycles. The van der Waals surface area contributed by atoms with Crippen LogP contribution < -0.4 is 4.89 Å². The highest BCUT2D eigenvalue weighted by Crippen LogP contribution is 2.38. The molecule has 0 saturated carbocycles. The van der Waals surface area contributed by atoms with Crippen molar-refractivity contribution in [2.24, 2.45) is 0 Å². The first kappa shape index (κ1) is 57.6. The summed E-state index contributed by atoms with van der Waals surface area (Å²) in [6.07, 6.45) is 51.6. The van der Waals surface area contributed by atoms with Crippen molar-refractivity contribution in [1.82, 2.24) is 0 Å². The zero-order chi connectivity index (χ0) is 45.1. The van der Waals surface area contributed by atoms with E-state index in [-0.39, 0.29) is 32.2 Å². The summed E-state index contributed by atoms with van der Waals surface area (Å²) >= 11 is 0. The van der Waals surface area contributed by atoms with Gasteiger partial charge in [0.2, 0.25) is 0 Å². The van der Waals surface area contributed by atoms with Crippen LogP contribution in [0.25, 0.3) is 0 Å². The van der Waals surface area contributed by atoms with Gasteiger partial charge in [-0.05, 0) is 83.5 Å². The SMILES string of the molecule is CC/C=C\C/C=C\C/C=C\C/C=C\C/C=C\CCCCCC(=O)O[C@H](COC(=O)CCC/C=C\C/C=C\C/C=C\C=C\[C@H](O)CCCCC)COP(=O)([O-])OCC[N+](C)(C)C. The van der Waals surface area contributed by atoms with Gasteiger partial charge >= 0.3 is 11.9 Å². The Kier molecular flexibility index (Phi) is 38.4. The van der Waals surface area contributed by atoms with Gasteiger partial charge in [0, 0.05) is 12.8 Å². The van der Waals surface area contributed by atoms with E-state index < -0.39 is 32.5 Å². The molecule has 0 bridgehead atoms. The maximum atomic E-state index is 12.7. The highest BCUT2D eigenvalue weighted by molar-refractivity contribution is 7.45. The molecule has 0 amide bonds. The molecule has 0 heterocycles. The molecule has 0 aromatic rings. The van der Waals surface area contributed by atoms with Gasteiger partial charge in [-0.1, -0.05) is 149 Å². The Balaban J connectivity index is 4.57. The smallest absolute Gasteiger partial charge is 0.306 e. The first-order valence-corrected chi connectivity index (χ1v) is 24.2. The van der Waals surface area contributed by atoms with Gasteiger partial charge in [0.25, 0.3) is 7.82 Å². The van der Waals surface area contributed by atoms with Crippen molar-refractivity contribution in [1.29, 1.82) is 0 Å². The molecule has 0 saturated heterocycles. The van der Waals surface area contributed by atoms with Crippen LogP contribution in [0.4, 0.5) is 0 Å². The van der Waals surface area contributed by atoms with Gasteiger partial charge in [-0.15, -0.1) is 0 Å². The molecule has 11 heteroatoms. The number of rotatable bonds is 39. The number of hydrogen-bond acceptors (Lipinski definition) is 9. The molecule has 61 heavy (non-hydrogen) atoms. The number of esters is 2. The molecule has 0 aliphatic heterocycles. The fraction of sp³-hybridized carbons (Fsp3) is 0.600. The van der Waals surface area contributed by atoms with Crippen LogP contribution in [-0.2, 0) is 32.7 Å². The van der Waals surface area contributed by atoms with Crippen LogP contribution in [0.2, 0.25) is 0 Å². The zero-order valence-electron chi connectivity index (χ0n) is 38.4. The van der Waals surface area contributed by atoms with E-state index in [1.54, 1.807) is 0 Å². The van der Waals surface area contributed by atoms with Crippen LogP contribution >= 0.6 is 7.82 Å². The molecule has 3 atom stereocenters. The predicted octanol–water partition coefficient (Wildman–Crippen LogP) is 11.5. The Morgan fingerprint density at radius 1 is 0.623 bits per heavy atom. The van der Waals surface area contributed by atoms with Gasteiger partial charge in [0.15, 0.2) is 6.10 Å². The number of nitrogens with zero attached hydrogens (tertiary/aromatic N) is 1. The fourth-order valence-corrected chi connectivity index (χ4v) is 6.04. The summed E-state index contributed by atoms with van der Waals surface area (Å²) in [7, 11) is 1.06. The Bertz CT molecular complexity index is 1420. The number of unbranched alkanes of at least 4 members (excludes halogenated alkanes) is 6. The number of allylic oxidation sites excluding steroid dienone is 17. The molecule has 10 nitrogen and oxygen atoms in total. The lowest BCUT2D eigenvalue weighted by molar-refractivity contribution is -0.870. The molecular weight excluding hydrogens is 790 g/mol. The van der Waals surface area contributed by atoms with Gasteiger partial charge in [-0.3, -0.25) is 14.2 Å². The van der Waals surface area contributed by atoms with Crippen molar-refractivity contribution in [3.63, 3.8) is 0 Å². The van der Waals surface area contributed by atoms with Crippen LogP contribution in [0.15, 0.2) is 109 Å². The fourth-order valence-electron chi connectivity index (χ4n) is 5.31. The number of carbonyl (C=O) groups is 2. The normalized spacial score (nSPS) is 15.1. The molecule has 0 radical (unpaired) electrons. The molecule has 0 aliphatic carbocycles. The third-order valence-corrected chi connectivity index (χ3v) is 9.85. The van der Waals surface area contributed by atoms with E-state index in [1.165, 1.54) is 0 Å². The standard InChI is InChI=1S/C50H82NO9P/c1-6-8-10-11-12-13-14-15-16-17-18-19-20-21-24-28-31-34-38-42-50(54)60-48(46-59-61(55,56)58-44-43-51(3,4)5)45-57-49(53)41-37-33-30-27-25-22-23-26-29-32-36-40-47(52)39-35-9-7-2/h8,10,12-13,15-16,18-19,21-24,27,29-30,32,36,40,47-48,52H,6-7,9,11,14,17,20,25-26,28,31,33-35,37-39,41-46H2,1-5H3/b10-8-,13-12-,16-15-,19-18-,23-22-,24-21-,30-27-,32-29-,40-36+/t47-,48-/m1/s1. The number of aliphatic hydroxyl groups excluding tert-OH is 1. The second kappa shape index (κ2) is 40.7. The van der Waals surface area contributed by atoms with Crippen LogP contribution in [0.3, 0.4) is 0 Å².